The van der Waals surface area contributed by atoms with Crippen LogP contribution in [0.2, 0.25) is 0 Å². The first-order valence-electron chi connectivity index (χ1n) is 10.1. The molecule has 2 saturated heterocycles. The van der Waals surface area contributed by atoms with Crippen LogP contribution in [0.4, 0.5) is 0 Å². The lowest BCUT2D eigenvalue weighted by molar-refractivity contribution is -0.191. The lowest BCUT2D eigenvalue weighted by Crippen LogP contribution is -2.51. The fraction of sp³-hybridized carbons (Fsp3) is 0.750. The van der Waals surface area contributed by atoms with Crippen molar-refractivity contribution in [3.8, 4) is 0 Å². The Morgan fingerprint density at radius 3 is 2.53 bits per heavy atom. The van der Waals surface area contributed by atoms with Crippen molar-refractivity contribution >= 4 is 15.6 Å². The van der Waals surface area contributed by atoms with E-state index in [9.17, 15) is 38.7 Å². The molecule has 18 heteroatoms. The van der Waals surface area contributed by atoms with Crippen LogP contribution in [0.25, 0.3) is 0 Å². The Kier molecular flexibility index (Phi) is 8.35. The van der Waals surface area contributed by atoms with E-state index in [4.69, 9.17) is 19.7 Å². The Labute approximate surface area is 192 Å². The molecule has 0 amide bonds. The normalized spacial score (nSPS) is 35.6. The lowest BCUT2D eigenvalue weighted by atomic mass is 10.0. The number of aromatic nitrogens is 2. The van der Waals surface area contributed by atoms with Gasteiger partial charge in [-0.15, -0.1) is 0 Å². The first-order chi connectivity index (χ1) is 15.7. The van der Waals surface area contributed by atoms with Gasteiger partial charge in [0, 0.05) is 30.6 Å². The summed E-state index contributed by atoms with van der Waals surface area (Å²) >= 11 is 0. The van der Waals surface area contributed by atoms with Crippen molar-refractivity contribution in [2.75, 3.05) is 6.61 Å². The van der Waals surface area contributed by atoms with Gasteiger partial charge in [0.15, 0.2) is 6.29 Å². The molecule has 34 heavy (non-hydrogen) atoms. The van der Waals surface area contributed by atoms with Gasteiger partial charge in [-0.3, -0.25) is 23.4 Å². The highest BCUT2D eigenvalue weighted by molar-refractivity contribution is 7.61. The molecule has 0 aromatic carbocycles. The van der Waals surface area contributed by atoms with E-state index in [1.54, 1.807) is 0 Å². The van der Waals surface area contributed by atoms with Crippen molar-refractivity contribution in [2.24, 2.45) is 5.73 Å². The van der Waals surface area contributed by atoms with E-state index < -0.39 is 76.5 Å². The highest BCUT2D eigenvalue weighted by Gasteiger charge is 2.43. The van der Waals surface area contributed by atoms with Crippen LogP contribution in [0.5, 0.6) is 0 Å². The Bertz CT molecular complexity index is 1080. The standard InChI is InChI=1S/C16H27N3O13P2/c1-7-5-19(16(23)18-15(7)22)12-4-10(20)11(30-12)6-28-33(24,25)32-34(26,27)31-13-3-9(17)14(21)8(2)29-13/h5,8-14,20-21H,3-4,6,17H2,1-2H3,(H,24,25)(H,26,27)(H,18,22,23)/t8-,9+,10-,11+,12+,13+,14-/m0/s1. The van der Waals surface area contributed by atoms with Gasteiger partial charge in [0.2, 0.25) is 0 Å². The van der Waals surface area contributed by atoms with Crippen LogP contribution >= 0.6 is 15.6 Å². The third-order valence-electron chi connectivity index (χ3n) is 5.27. The molecule has 2 aliphatic rings. The highest BCUT2D eigenvalue weighted by Crippen LogP contribution is 2.61. The fourth-order valence-corrected chi connectivity index (χ4v) is 5.63. The maximum absolute atomic E-state index is 12.2. The third kappa shape index (κ3) is 6.69. The summed E-state index contributed by atoms with van der Waals surface area (Å²) in [4.78, 5) is 45.2. The molecule has 7 N–H and O–H groups in total. The number of nitrogens with zero attached hydrogens (tertiary/aromatic N) is 1. The summed E-state index contributed by atoms with van der Waals surface area (Å²) in [5.41, 5.74) is 4.54. The summed E-state index contributed by atoms with van der Waals surface area (Å²) < 4.78 is 49.6. The van der Waals surface area contributed by atoms with Crippen LogP contribution < -0.4 is 17.0 Å². The van der Waals surface area contributed by atoms with Crippen LogP contribution in [0, 0.1) is 6.92 Å². The molecule has 0 spiro atoms. The van der Waals surface area contributed by atoms with Gasteiger partial charge in [-0.2, -0.15) is 4.31 Å². The van der Waals surface area contributed by atoms with E-state index in [1.807, 2.05) is 0 Å². The molecule has 2 aliphatic heterocycles. The van der Waals surface area contributed by atoms with Gasteiger partial charge in [0.05, 0.1) is 24.9 Å². The average Bonchev–Trinajstić information content (AvgIpc) is 3.06. The number of phosphoric acid groups is 2. The summed E-state index contributed by atoms with van der Waals surface area (Å²) in [5.74, 6) is 0. The van der Waals surface area contributed by atoms with E-state index in [2.05, 4.69) is 13.8 Å². The molecule has 3 heterocycles. The number of aliphatic hydroxyl groups is 2. The van der Waals surface area contributed by atoms with Crippen molar-refractivity contribution in [3.63, 3.8) is 0 Å². The van der Waals surface area contributed by atoms with Crippen molar-refractivity contribution in [1.29, 1.82) is 0 Å². The number of aromatic amines is 1. The van der Waals surface area contributed by atoms with Crippen molar-refractivity contribution < 1.29 is 52.0 Å². The van der Waals surface area contributed by atoms with E-state index in [1.165, 1.54) is 20.0 Å². The van der Waals surface area contributed by atoms with Crippen LogP contribution in [-0.2, 0) is 32.0 Å². The van der Waals surface area contributed by atoms with Gasteiger partial charge in [-0.05, 0) is 13.8 Å². The summed E-state index contributed by atoms with van der Waals surface area (Å²) in [6.07, 6.45) is -5.81. The Hall–Kier alpha value is -1.26. The topological polar surface area (TPSA) is 242 Å². The number of hydrogen-bond acceptors (Lipinski definition) is 12. The van der Waals surface area contributed by atoms with Crippen molar-refractivity contribution in [2.45, 2.75) is 69.7 Å². The minimum absolute atomic E-state index is 0.110. The summed E-state index contributed by atoms with van der Waals surface area (Å²) in [6.45, 7) is 2.16. The van der Waals surface area contributed by atoms with Gasteiger partial charge in [0.1, 0.15) is 12.3 Å². The van der Waals surface area contributed by atoms with E-state index in [0.717, 1.165) is 4.57 Å². The molecular weight excluding hydrogens is 504 g/mol. The predicted octanol–water partition coefficient (Wildman–Crippen LogP) is -1.43. The molecule has 2 unspecified atom stereocenters. The van der Waals surface area contributed by atoms with Crippen LogP contribution in [-0.4, -0.2) is 72.9 Å². The number of aliphatic hydroxyl groups excluding tert-OH is 2. The molecule has 194 valence electrons. The second-order valence-electron chi connectivity index (χ2n) is 7.99. The molecule has 0 radical (unpaired) electrons. The predicted molar refractivity (Wildman–Crippen MR) is 111 cm³/mol. The van der Waals surface area contributed by atoms with Gasteiger partial charge in [-0.1, -0.05) is 0 Å². The van der Waals surface area contributed by atoms with Crippen LogP contribution in [0.3, 0.4) is 0 Å². The molecule has 0 saturated carbocycles. The zero-order valence-electron chi connectivity index (χ0n) is 18.1. The Balaban J connectivity index is 1.56. The van der Waals surface area contributed by atoms with Gasteiger partial charge >= 0.3 is 21.3 Å². The average molecular weight is 531 g/mol. The van der Waals surface area contributed by atoms with E-state index >= 15 is 0 Å². The number of ether oxygens (including phenoxy) is 2. The molecular formula is C16H27N3O13P2. The van der Waals surface area contributed by atoms with Crippen molar-refractivity contribution in [1.82, 2.24) is 9.55 Å². The van der Waals surface area contributed by atoms with Crippen LogP contribution in [0.1, 0.15) is 31.6 Å². The van der Waals surface area contributed by atoms with Gasteiger partial charge in [0.25, 0.3) is 5.56 Å². The number of nitrogens with one attached hydrogen (secondary N) is 1. The number of aryl methyl sites for hydroxylation is 1. The SMILES string of the molecule is Cc1cn([C@H]2C[C@H](O)[C@@H](COP(=O)(O)OP(=O)(O)O[C@@H]3C[C@@H](N)[C@@H](O)[C@H](C)O3)O2)c(=O)[nH]c1=O. The van der Waals surface area contributed by atoms with Gasteiger partial charge in [-0.25, -0.2) is 13.9 Å². The molecule has 9 atom stereocenters. The van der Waals surface area contributed by atoms with Gasteiger partial charge < -0.3 is 35.2 Å². The number of rotatable bonds is 8. The molecule has 0 aliphatic carbocycles. The zero-order chi connectivity index (χ0) is 25.4. The monoisotopic (exact) mass is 531 g/mol. The third-order valence-corrected chi connectivity index (χ3v) is 7.90. The molecule has 2 fully saturated rings. The highest BCUT2D eigenvalue weighted by atomic mass is 31.3. The maximum Gasteiger partial charge on any atom is 0.483 e. The second kappa shape index (κ2) is 10.4. The van der Waals surface area contributed by atoms with Crippen LogP contribution in [0.15, 0.2) is 15.8 Å². The lowest BCUT2D eigenvalue weighted by Gasteiger charge is -2.36. The Morgan fingerprint density at radius 1 is 1.21 bits per heavy atom. The minimum atomic E-state index is -5.20. The number of nitrogens with two attached hydrogens (primary N) is 1. The molecule has 1 aromatic rings. The molecule has 0 bridgehead atoms. The first-order valence-corrected chi connectivity index (χ1v) is 13.1. The minimum Gasteiger partial charge on any atom is -0.390 e. The molecule has 16 nitrogen and oxygen atoms in total. The van der Waals surface area contributed by atoms with E-state index in [-0.39, 0.29) is 18.4 Å². The summed E-state index contributed by atoms with van der Waals surface area (Å²) in [6, 6.07) is -0.835. The zero-order valence-corrected chi connectivity index (χ0v) is 19.9. The largest absolute Gasteiger partial charge is 0.483 e. The second-order valence-corrected chi connectivity index (χ2v) is 11.0. The quantitative estimate of drug-likeness (QED) is 0.211. The molecule has 1 aromatic heterocycles. The van der Waals surface area contributed by atoms with Crippen molar-refractivity contribution in [3.05, 3.63) is 32.6 Å². The number of H-pyrrole nitrogens is 1. The summed E-state index contributed by atoms with van der Waals surface area (Å²) in [5, 5.41) is 19.9. The number of hydrogen-bond donors (Lipinski definition) is 6. The Morgan fingerprint density at radius 2 is 1.88 bits per heavy atom. The first kappa shape index (κ1) is 27.3. The maximum atomic E-state index is 12.2. The fourth-order valence-electron chi connectivity index (χ4n) is 3.48. The number of phosphoric ester groups is 2. The summed E-state index contributed by atoms with van der Waals surface area (Å²) in [7, 11) is -10.4. The smallest absolute Gasteiger partial charge is 0.390 e. The van der Waals surface area contributed by atoms with E-state index in [0.29, 0.717) is 0 Å². The molecule has 3 rings (SSSR count).